The third-order valence-corrected chi connectivity index (χ3v) is 4.41. The van der Waals surface area contributed by atoms with Gasteiger partial charge < -0.3 is 10.2 Å². The Balaban J connectivity index is 1.84. The number of carbonyl (C=O) groups is 1. The van der Waals surface area contributed by atoms with Gasteiger partial charge >= 0.3 is 0 Å². The second kappa shape index (κ2) is 6.42. The first-order valence-corrected chi connectivity index (χ1v) is 8.28. The fraction of sp³-hybridized carbons (Fsp3) is 0.200. The first kappa shape index (κ1) is 14.8. The number of amides is 1. The van der Waals surface area contributed by atoms with Gasteiger partial charge in [0.25, 0.3) is 5.91 Å². The fourth-order valence-corrected chi connectivity index (χ4v) is 3.15. The summed E-state index contributed by atoms with van der Waals surface area (Å²) in [5.74, 6) is 0.0134. The molecule has 4 heteroatoms. The number of piperazine rings is 1. The Hall–Kier alpha value is -2.72. The quantitative estimate of drug-likeness (QED) is 0.790. The van der Waals surface area contributed by atoms with Gasteiger partial charge in [-0.3, -0.25) is 4.79 Å². The van der Waals surface area contributed by atoms with Gasteiger partial charge in [0.05, 0.1) is 5.69 Å². The molecule has 0 bridgehead atoms. The topological polar surface area (TPSA) is 45.2 Å². The molecule has 3 aromatic rings. The largest absolute Gasteiger partial charge is 0.335 e. The first-order valence-electron chi connectivity index (χ1n) is 8.28. The molecule has 1 N–H and O–H groups in total. The van der Waals surface area contributed by atoms with Crippen molar-refractivity contribution in [1.29, 1.82) is 0 Å². The summed E-state index contributed by atoms with van der Waals surface area (Å²) in [5, 5.41) is 5.39. The van der Waals surface area contributed by atoms with E-state index in [-0.39, 0.29) is 5.91 Å². The number of hydrogen-bond donors (Lipinski definition) is 1. The predicted molar refractivity (Wildman–Crippen MR) is 96.0 cm³/mol. The lowest BCUT2D eigenvalue weighted by atomic mass is 10.0. The maximum atomic E-state index is 12.9. The first-order chi connectivity index (χ1) is 11.8. The number of benzene rings is 2. The summed E-state index contributed by atoms with van der Waals surface area (Å²) in [5.41, 5.74) is 2.42. The van der Waals surface area contributed by atoms with E-state index in [1.54, 1.807) is 0 Å². The normalized spacial score (nSPS) is 14.8. The molecule has 0 radical (unpaired) electrons. The van der Waals surface area contributed by atoms with Gasteiger partial charge in [-0.05, 0) is 11.5 Å². The highest BCUT2D eigenvalue weighted by Gasteiger charge is 2.20. The lowest BCUT2D eigenvalue weighted by Crippen LogP contribution is -2.46. The summed E-state index contributed by atoms with van der Waals surface area (Å²) in [7, 11) is 0. The average Bonchev–Trinajstić information content (AvgIpc) is 2.68. The Morgan fingerprint density at radius 3 is 2.46 bits per heavy atom. The number of aromatic nitrogens is 1. The Labute approximate surface area is 141 Å². The van der Waals surface area contributed by atoms with Crippen LogP contribution in [0, 0.1) is 0 Å². The number of hydrogen-bond acceptors (Lipinski definition) is 3. The van der Waals surface area contributed by atoms with Crippen LogP contribution in [0.2, 0.25) is 0 Å². The summed E-state index contributed by atoms with van der Waals surface area (Å²) >= 11 is 0. The molecule has 0 saturated carbocycles. The van der Waals surface area contributed by atoms with Gasteiger partial charge in [-0.25, -0.2) is 4.98 Å². The van der Waals surface area contributed by atoms with Gasteiger partial charge in [-0.2, -0.15) is 0 Å². The number of carbonyl (C=O) groups excluding carboxylic acids is 1. The summed E-state index contributed by atoms with van der Waals surface area (Å²) in [6.07, 6.45) is 0. The molecule has 2 aromatic carbocycles. The van der Waals surface area contributed by atoms with Crippen molar-refractivity contribution >= 4 is 16.7 Å². The molecule has 1 fully saturated rings. The van der Waals surface area contributed by atoms with Crippen LogP contribution in [-0.2, 0) is 0 Å². The van der Waals surface area contributed by atoms with E-state index in [1.165, 1.54) is 0 Å². The Morgan fingerprint density at radius 1 is 0.958 bits per heavy atom. The van der Waals surface area contributed by atoms with Crippen LogP contribution in [0.15, 0.2) is 60.7 Å². The number of nitrogens with one attached hydrogen (secondary N) is 1. The van der Waals surface area contributed by atoms with E-state index in [4.69, 9.17) is 4.98 Å². The lowest BCUT2D eigenvalue weighted by molar-refractivity contribution is 0.0730. The molecule has 0 unspecified atom stereocenters. The van der Waals surface area contributed by atoms with Crippen LogP contribution in [0.3, 0.4) is 0 Å². The minimum Gasteiger partial charge on any atom is -0.335 e. The van der Waals surface area contributed by atoms with Crippen LogP contribution >= 0.6 is 0 Å². The molecule has 4 rings (SSSR count). The van der Waals surface area contributed by atoms with Crippen molar-refractivity contribution < 1.29 is 4.79 Å². The molecule has 4 nitrogen and oxygen atoms in total. The number of rotatable bonds is 2. The van der Waals surface area contributed by atoms with Crippen LogP contribution in [0.5, 0.6) is 0 Å². The van der Waals surface area contributed by atoms with Crippen molar-refractivity contribution in [2.75, 3.05) is 26.2 Å². The van der Waals surface area contributed by atoms with Gasteiger partial charge in [-0.15, -0.1) is 0 Å². The monoisotopic (exact) mass is 317 g/mol. The maximum Gasteiger partial charge on any atom is 0.272 e. The van der Waals surface area contributed by atoms with Gasteiger partial charge in [-0.1, -0.05) is 54.6 Å². The minimum absolute atomic E-state index is 0.0134. The van der Waals surface area contributed by atoms with E-state index in [9.17, 15) is 4.79 Å². The van der Waals surface area contributed by atoms with Crippen molar-refractivity contribution in [3.63, 3.8) is 0 Å². The van der Waals surface area contributed by atoms with Crippen LogP contribution in [0.1, 0.15) is 10.5 Å². The van der Waals surface area contributed by atoms with Crippen molar-refractivity contribution in [3.8, 4) is 11.3 Å². The highest BCUT2D eigenvalue weighted by molar-refractivity contribution is 6.01. The van der Waals surface area contributed by atoms with Gasteiger partial charge in [0.15, 0.2) is 0 Å². The van der Waals surface area contributed by atoms with Gasteiger partial charge in [0.2, 0.25) is 0 Å². The second-order valence-corrected chi connectivity index (χ2v) is 5.99. The van der Waals surface area contributed by atoms with E-state index in [1.807, 2.05) is 59.5 Å². The number of pyridine rings is 1. The Kier molecular flexibility index (Phi) is 3.97. The molecule has 1 amide bonds. The van der Waals surface area contributed by atoms with Crippen molar-refractivity contribution in [3.05, 3.63) is 66.4 Å². The van der Waals surface area contributed by atoms with Crippen molar-refractivity contribution in [1.82, 2.24) is 15.2 Å². The standard InChI is InChI=1S/C20H19N3O/c24-20(23-12-10-21-11-13-23)18-14-16-8-4-5-9-17(16)19(22-18)15-6-2-1-3-7-15/h1-9,14,21H,10-13H2. The third-order valence-electron chi connectivity index (χ3n) is 4.41. The van der Waals surface area contributed by atoms with Gasteiger partial charge in [0.1, 0.15) is 5.69 Å². The highest BCUT2D eigenvalue weighted by atomic mass is 16.2. The molecule has 1 saturated heterocycles. The zero-order valence-electron chi connectivity index (χ0n) is 13.4. The van der Waals surface area contributed by atoms with Crippen molar-refractivity contribution in [2.24, 2.45) is 0 Å². The maximum absolute atomic E-state index is 12.9. The summed E-state index contributed by atoms with van der Waals surface area (Å²) < 4.78 is 0. The SMILES string of the molecule is O=C(c1cc2ccccc2c(-c2ccccc2)n1)N1CCNCC1. The minimum atomic E-state index is 0.0134. The molecular weight excluding hydrogens is 298 g/mol. The zero-order chi connectivity index (χ0) is 16.4. The molecule has 24 heavy (non-hydrogen) atoms. The van der Waals surface area contributed by atoms with Crippen LogP contribution < -0.4 is 5.32 Å². The second-order valence-electron chi connectivity index (χ2n) is 5.99. The molecule has 1 aliphatic rings. The molecule has 0 atom stereocenters. The summed E-state index contributed by atoms with van der Waals surface area (Å²) in [4.78, 5) is 19.5. The van der Waals surface area contributed by atoms with Crippen LogP contribution in [0.4, 0.5) is 0 Å². The van der Waals surface area contributed by atoms with E-state index in [0.717, 1.165) is 48.2 Å². The summed E-state index contributed by atoms with van der Waals surface area (Å²) in [6.45, 7) is 3.14. The van der Waals surface area contributed by atoms with E-state index < -0.39 is 0 Å². The molecule has 120 valence electrons. The Bertz CT molecular complexity index is 870. The fourth-order valence-electron chi connectivity index (χ4n) is 3.15. The Morgan fingerprint density at radius 2 is 1.67 bits per heavy atom. The lowest BCUT2D eigenvalue weighted by Gasteiger charge is -2.27. The average molecular weight is 317 g/mol. The van der Waals surface area contributed by atoms with Crippen LogP contribution in [-0.4, -0.2) is 42.0 Å². The van der Waals surface area contributed by atoms with Crippen molar-refractivity contribution in [2.45, 2.75) is 0 Å². The molecule has 2 heterocycles. The predicted octanol–water partition coefficient (Wildman–Crippen LogP) is 2.95. The van der Waals surface area contributed by atoms with E-state index in [2.05, 4.69) is 11.4 Å². The summed E-state index contributed by atoms with van der Waals surface area (Å²) in [6, 6.07) is 20.1. The molecule has 1 aliphatic heterocycles. The molecule has 1 aromatic heterocycles. The van der Waals surface area contributed by atoms with Crippen LogP contribution in [0.25, 0.3) is 22.0 Å². The number of fused-ring (bicyclic) bond motifs is 1. The van der Waals surface area contributed by atoms with Gasteiger partial charge in [0, 0.05) is 37.1 Å². The molecular formula is C20H19N3O. The number of nitrogens with zero attached hydrogens (tertiary/aromatic N) is 2. The molecule has 0 spiro atoms. The highest BCUT2D eigenvalue weighted by Crippen LogP contribution is 2.27. The third kappa shape index (κ3) is 2.76. The zero-order valence-corrected chi connectivity index (χ0v) is 13.4. The van der Waals surface area contributed by atoms with E-state index in [0.29, 0.717) is 5.69 Å². The van der Waals surface area contributed by atoms with E-state index >= 15 is 0 Å². The smallest absolute Gasteiger partial charge is 0.272 e. The molecule has 0 aliphatic carbocycles.